The number of rotatable bonds is 6. The third-order valence-corrected chi connectivity index (χ3v) is 2.98. The van der Waals surface area contributed by atoms with Crippen molar-refractivity contribution in [3.05, 3.63) is 0 Å². The summed E-state index contributed by atoms with van der Waals surface area (Å²) in [7, 11) is 0. The first-order valence-electron chi connectivity index (χ1n) is 5.51. The molecule has 1 rings (SSSR count). The summed E-state index contributed by atoms with van der Waals surface area (Å²) in [6.45, 7) is 9.17. The molecule has 1 fully saturated rings. The predicted molar refractivity (Wildman–Crippen MR) is 62.2 cm³/mol. The molecule has 1 atom stereocenters. The fourth-order valence-corrected chi connectivity index (χ4v) is 1.86. The first-order valence-corrected chi connectivity index (χ1v) is 6.03. The monoisotopic (exact) mass is 201 g/mol. The van der Waals surface area contributed by atoms with Crippen LogP contribution in [0.2, 0.25) is 0 Å². The lowest BCUT2D eigenvalue weighted by molar-refractivity contribution is 0.232. The molecule has 2 heteroatoms. The quantitative estimate of drug-likeness (QED) is 0.511. The van der Waals surface area contributed by atoms with Crippen molar-refractivity contribution in [2.24, 2.45) is 11.8 Å². The molecule has 78 valence electrons. The topological polar surface area (TPSA) is 3.24 Å². The van der Waals surface area contributed by atoms with Gasteiger partial charge in [-0.05, 0) is 31.7 Å². The Balaban J connectivity index is 2.19. The van der Waals surface area contributed by atoms with Crippen molar-refractivity contribution in [3.63, 3.8) is 0 Å². The molecule has 0 bridgehead atoms. The van der Waals surface area contributed by atoms with E-state index < -0.39 is 0 Å². The first-order chi connectivity index (χ1) is 6.09. The fourth-order valence-electron chi connectivity index (χ4n) is 1.65. The van der Waals surface area contributed by atoms with Crippen LogP contribution in [0.5, 0.6) is 0 Å². The average Bonchev–Trinajstić information content (AvgIpc) is 2.79. The number of hydrogen-bond acceptors (Lipinski definition) is 2. The molecule has 0 heterocycles. The van der Waals surface area contributed by atoms with Gasteiger partial charge in [0.2, 0.25) is 0 Å². The lowest BCUT2D eigenvalue weighted by Gasteiger charge is -2.27. The summed E-state index contributed by atoms with van der Waals surface area (Å²) in [5.41, 5.74) is 0. The Kier molecular flexibility index (Phi) is 4.60. The SMILES string of the molecule is CC(C)CN(CCC1CC1)C(C)S. The van der Waals surface area contributed by atoms with Crippen LogP contribution < -0.4 is 0 Å². The van der Waals surface area contributed by atoms with E-state index in [-0.39, 0.29) is 0 Å². The van der Waals surface area contributed by atoms with Crippen LogP contribution in [0.3, 0.4) is 0 Å². The van der Waals surface area contributed by atoms with Gasteiger partial charge in [0, 0.05) is 11.9 Å². The van der Waals surface area contributed by atoms with Crippen molar-refractivity contribution >= 4 is 12.6 Å². The van der Waals surface area contributed by atoms with Crippen LogP contribution in [-0.4, -0.2) is 23.4 Å². The Morgan fingerprint density at radius 1 is 1.31 bits per heavy atom. The molecule has 1 aliphatic carbocycles. The molecule has 0 amide bonds. The van der Waals surface area contributed by atoms with E-state index in [1.807, 2.05) is 0 Å². The van der Waals surface area contributed by atoms with E-state index in [2.05, 4.69) is 38.3 Å². The Morgan fingerprint density at radius 3 is 2.31 bits per heavy atom. The zero-order chi connectivity index (χ0) is 9.84. The van der Waals surface area contributed by atoms with Crippen LogP contribution in [0.15, 0.2) is 0 Å². The molecule has 0 aromatic rings. The van der Waals surface area contributed by atoms with E-state index in [0.29, 0.717) is 5.37 Å². The maximum Gasteiger partial charge on any atom is 0.0499 e. The van der Waals surface area contributed by atoms with E-state index in [9.17, 15) is 0 Å². The van der Waals surface area contributed by atoms with Gasteiger partial charge in [-0.1, -0.05) is 26.7 Å². The Labute approximate surface area is 88.3 Å². The minimum atomic E-state index is 0.418. The van der Waals surface area contributed by atoms with Gasteiger partial charge in [-0.3, -0.25) is 4.90 Å². The van der Waals surface area contributed by atoms with Crippen LogP contribution in [0.1, 0.15) is 40.0 Å². The molecule has 0 aromatic heterocycles. The maximum absolute atomic E-state index is 4.52. The fraction of sp³-hybridized carbons (Fsp3) is 1.00. The van der Waals surface area contributed by atoms with Crippen LogP contribution in [-0.2, 0) is 0 Å². The van der Waals surface area contributed by atoms with Crippen molar-refractivity contribution in [2.75, 3.05) is 13.1 Å². The average molecular weight is 201 g/mol. The first kappa shape index (κ1) is 11.4. The van der Waals surface area contributed by atoms with Crippen LogP contribution in [0, 0.1) is 11.8 Å². The standard InChI is InChI=1S/C11H23NS/c1-9(2)8-12(10(3)13)7-6-11-4-5-11/h9-11,13H,4-8H2,1-3H3. The van der Waals surface area contributed by atoms with Crippen LogP contribution in [0.25, 0.3) is 0 Å². The Bertz CT molecular complexity index is 141. The highest BCUT2D eigenvalue weighted by atomic mass is 32.1. The van der Waals surface area contributed by atoms with Gasteiger partial charge in [0.25, 0.3) is 0 Å². The van der Waals surface area contributed by atoms with Crippen molar-refractivity contribution < 1.29 is 0 Å². The number of nitrogens with zero attached hydrogens (tertiary/aromatic N) is 1. The van der Waals surface area contributed by atoms with Crippen molar-refractivity contribution in [1.29, 1.82) is 0 Å². The molecular weight excluding hydrogens is 178 g/mol. The van der Waals surface area contributed by atoms with Gasteiger partial charge in [-0.15, -0.1) is 0 Å². The largest absolute Gasteiger partial charge is 0.292 e. The van der Waals surface area contributed by atoms with Gasteiger partial charge in [-0.2, -0.15) is 12.6 Å². The summed E-state index contributed by atoms with van der Waals surface area (Å²) >= 11 is 4.52. The molecule has 0 saturated heterocycles. The van der Waals surface area contributed by atoms with Crippen molar-refractivity contribution in [2.45, 2.75) is 45.4 Å². The second kappa shape index (κ2) is 5.26. The molecule has 0 radical (unpaired) electrons. The third kappa shape index (κ3) is 4.92. The summed E-state index contributed by atoms with van der Waals surface area (Å²) in [5, 5.41) is 0.418. The molecule has 13 heavy (non-hydrogen) atoms. The van der Waals surface area contributed by atoms with E-state index >= 15 is 0 Å². The highest BCUT2D eigenvalue weighted by Gasteiger charge is 2.22. The van der Waals surface area contributed by atoms with E-state index in [4.69, 9.17) is 0 Å². The number of thiol groups is 1. The van der Waals surface area contributed by atoms with E-state index in [1.54, 1.807) is 0 Å². The minimum absolute atomic E-state index is 0.418. The third-order valence-electron chi connectivity index (χ3n) is 2.65. The molecule has 0 N–H and O–H groups in total. The predicted octanol–water partition coefficient (Wildman–Crippen LogP) is 3.02. The number of hydrogen-bond donors (Lipinski definition) is 1. The molecular formula is C11H23NS. The highest BCUT2D eigenvalue weighted by Crippen LogP contribution is 2.32. The minimum Gasteiger partial charge on any atom is -0.292 e. The van der Waals surface area contributed by atoms with Crippen molar-refractivity contribution in [1.82, 2.24) is 4.90 Å². The molecule has 0 spiro atoms. The Hall–Kier alpha value is 0.310. The van der Waals surface area contributed by atoms with Gasteiger partial charge in [0.15, 0.2) is 0 Å². The molecule has 1 unspecified atom stereocenters. The second-order valence-corrected chi connectivity index (χ2v) is 5.50. The van der Waals surface area contributed by atoms with E-state index in [0.717, 1.165) is 11.8 Å². The van der Waals surface area contributed by atoms with Crippen LogP contribution >= 0.6 is 12.6 Å². The lowest BCUT2D eigenvalue weighted by Crippen LogP contribution is -2.33. The molecule has 1 aliphatic rings. The lowest BCUT2D eigenvalue weighted by atomic mass is 10.2. The molecule has 1 nitrogen and oxygen atoms in total. The maximum atomic E-state index is 4.52. The highest BCUT2D eigenvalue weighted by molar-refractivity contribution is 7.80. The van der Waals surface area contributed by atoms with Crippen LogP contribution in [0.4, 0.5) is 0 Å². The zero-order valence-electron chi connectivity index (χ0n) is 9.16. The normalized spacial score (nSPS) is 19.8. The summed E-state index contributed by atoms with van der Waals surface area (Å²) in [6.07, 6.45) is 4.32. The van der Waals surface area contributed by atoms with Gasteiger partial charge in [0.05, 0.1) is 0 Å². The van der Waals surface area contributed by atoms with Crippen molar-refractivity contribution in [3.8, 4) is 0 Å². The molecule has 0 aliphatic heterocycles. The smallest absolute Gasteiger partial charge is 0.0499 e. The molecule has 0 aromatic carbocycles. The Morgan fingerprint density at radius 2 is 1.92 bits per heavy atom. The second-order valence-electron chi connectivity index (χ2n) is 4.75. The van der Waals surface area contributed by atoms with E-state index in [1.165, 1.54) is 32.4 Å². The van der Waals surface area contributed by atoms with Gasteiger partial charge in [-0.25, -0.2) is 0 Å². The zero-order valence-corrected chi connectivity index (χ0v) is 10.1. The van der Waals surface area contributed by atoms with Gasteiger partial charge >= 0.3 is 0 Å². The van der Waals surface area contributed by atoms with Gasteiger partial charge < -0.3 is 0 Å². The summed E-state index contributed by atoms with van der Waals surface area (Å²) < 4.78 is 0. The van der Waals surface area contributed by atoms with Gasteiger partial charge in [0.1, 0.15) is 0 Å². The summed E-state index contributed by atoms with van der Waals surface area (Å²) in [6, 6.07) is 0. The summed E-state index contributed by atoms with van der Waals surface area (Å²) in [5.74, 6) is 1.80. The summed E-state index contributed by atoms with van der Waals surface area (Å²) in [4.78, 5) is 2.49. The molecule has 1 saturated carbocycles.